The van der Waals surface area contributed by atoms with Crippen molar-refractivity contribution in [3.8, 4) is 11.5 Å². The number of hydrogen-bond acceptors (Lipinski definition) is 5. The predicted molar refractivity (Wildman–Crippen MR) is 163 cm³/mol. The zero-order valence-corrected chi connectivity index (χ0v) is 24.5. The minimum atomic E-state index is -0.974. The van der Waals surface area contributed by atoms with E-state index in [9.17, 15) is 14.4 Å². The highest BCUT2D eigenvalue weighted by Gasteiger charge is 2.37. The van der Waals surface area contributed by atoms with Gasteiger partial charge in [0, 0.05) is 34.7 Å². The summed E-state index contributed by atoms with van der Waals surface area (Å²) < 4.78 is 11.5. The van der Waals surface area contributed by atoms with E-state index in [1.165, 1.54) is 18.1 Å². The van der Waals surface area contributed by atoms with Crippen LogP contribution in [-0.2, 0) is 19.7 Å². The summed E-state index contributed by atoms with van der Waals surface area (Å²) in [5.74, 6) is -0.402. The molecule has 0 N–H and O–H groups in total. The SMILES string of the molecule is C[C@@H](OC(=O)[C@@H]1CC(=O)N(c2ccc(Oc3ccc(C(C)(C)c4ccccc4)cc3)cc2)C1)C(=O)c1ccc(Cl)cc1. The highest BCUT2D eigenvalue weighted by Crippen LogP contribution is 2.34. The van der Waals surface area contributed by atoms with Crippen LogP contribution in [0.3, 0.4) is 0 Å². The highest BCUT2D eigenvalue weighted by molar-refractivity contribution is 6.30. The molecule has 214 valence electrons. The molecular weight excluding hydrogens is 550 g/mol. The summed E-state index contributed by atoms with van der Waals surface area (Å²) in [6.45, 7) is 6.10. The number of ketones is 1. The number of carbonyl (C=O) groups excluding carboxylic acids is 3. The molecule has 1 aliphatic heterocycles. The molecule has 0 unspecified atom stereocenters. The first kappa shape index (κ1) is 29.1. The Balaban J connectivity index is 1.17. The Kier molecular flexibility index (Phi) is 8.46. The van der Waals surface area contributed by atoms with Gasteiger partial charge in [0.2, 0.25) is 11.7 Å². The van der Waals surface area contributed by atoms with Gasteiger partial charge in [0.1, 0.15) is 11.5 Å². The summed E-state index contributed by atoms with van der Waals surface area (Å²) in [5, 5.41) is 0.512. The molecule has 1 amide bonds. The predicted octanol–water partition coefficient (Wildman–Crippen LogP) is 7.63. The minimum Gasteiger partial charge on any atom is -0.457 e. The normalized spacial score (nSPS) is 15.8. The van der Waals surface area contributed by atoms with E-state index in [0.717, 1.165) is 0 Å². The maximum Gasteiger partial charge on any atom is 0.312 e. The smallest absolute Gasteiger partial charge is 0.312 e. The Morgan fingerprint density at radius 3 is 2.02 bits per heavy atom. The minimum absolute atomic E-state index is 0.0185. The van der Waals surface area contributed by atoms with Crippen molar-refractivity contribution in [3.63, 3.8) is 0 Å². The van der Waals surface area contributed by atoms with Crippen LogP contribution in [0.2, 0.25) is 5.02 Å². The molecule has 4 aromatic rings. The topological polar surface area (TPSA) is 72.9 Å². The fourth-order valence-corrected chi connectivity index (χ4v) is 5.21. The largest absolute Gasteiger partial charge is 0.457 e. The van der Waals surface area contributed by atoms with E-state index in [2.05, 4.69) is 38.1 Å². The average molecular weight is 582 g/mol. The lowest BCUT2D eigenvalue weighted by Gasteiger charge is -2.26. The van der Waals surface area contributed by atoms with Crippen LogP contribution in [0.25, 0.3) is 0 Å². The lowest BCUT2D eigenvalue weighted by molar-refractivity contribution is -0.151. The quantitative estimate of drug-likeness (QED) is 0.150. The van der Waals surface area contributed by atoms with Gasteiger partial charge >= 0.3 is 5.97 Å². The molecule has 0 spiro atoms. The van der Waals surface area contributed by atoms with Crippen LogP contribution in [0.1, 0.15) is 48.7 Å². The van der Waals surface area contributed by atoms with Crippen molar-refractivity contribution in [3.05, 3.63) is 125 Å². The molecule has 1 saturated heterocycles. The Labute approximate surface area is 250 Å². The molecule has 4 aromatic carbocycles. The van der Waals surface area contributed by atoms with Crippen LogP contribution in [0.15, 0.2) is 103 Å². The number of esters is 1. The van der Waals surface area contributed by atoms with Crippen LogP contribution in [0.4, 0.5) is 5.69 Å². The molecule has 5 rings (SSSR count). The van der Waals surface area contributed by atoms with Crippen molar-refractivity contribution in [1.29, 1.82) is 0 Å². The summed E-state index contributed by atoms with van der Waals surface area (Å²) in [7, 11) is 0. The van der Waals surface area contributed by atoms with E-state index in [0.29, 0.717) is 27.8 Å². The molecular formula is C35H32ClNO5. The van der Waals surface area contributed by atoms with Gasteiger partial charge < -0.3 is 14.4 Å². The lowest BCUT2D eigenvalue weighted by atomic mass is 9.78. The van der Waals surface area contributed by atoms with Gasteiger partial charge in [-0.15, -0.1) is 0 Å². The Bertz CT molecular complexity index is 1560. The zero-order chi connectivity index (χ0) is 29.9. The number of benzene rings is 4. The molecule has 1 aliphatic rings. The molecule has 0 aliphatic carbocycles. The van der Waals surface area contributed by atoms with Crippen molar-refractivity contribution < 1.29 is 23.9 Å². The molecule has 7 heteroatoms. The van der Waals surface area contributed by atoms with Crippen molar-refractivity contribution >= 4 is 34.9 Å². The number of halogens is 1. The van der Waals surface area contributed by atoms with Crippen LogP contribution >= 0.6 is 11.6 Å². The van der Waals surface area contributed by atoms with Gasteiger partial charge in [-0.1, -0.05) is 67.9 Å². The van der Waals surface area contributed by atoms with Crippen molar-refractivity contribution in [2.45, 2.75) is 38.7 Å². The second-order valence-electron chi connectivity index (χ2n) is 11.0. The molecule has 0 aromatic heterocycles. The summed E-state index contributed by atoms with van der Waals surface area (Å²) in [5.41, 5.74) is 3.34. The third-order valence-corrected chi connectivity index (χ3v) is 7.96. The summed E-state index contributed by atoms with van der Waals surface area (Å²) in [4.78, 5) is 39.7. The van der Waals surface area contributed by atoms with E-state index < -0.39 is 18.0 Å². The molecule has 42 heavy (non-hydrogen) atoms. The second-order valence-corrected chi connectivity index (χ2v) is 11.4. The van der Waals surface area contributed by atoms with E-state index in [4.69, 9.17) is 21.1 Å². The summed E-state index contributed by atoms with van der Waals surface area (Å²) in [6, 6.07) is 32.0. The Hall–Kier alpha value is -4.42. The monoisotopic (exact) mass is 581 g/mol. The van der Waals surface area contributed by atoms with Gasteiger partial charge in [0.25, 0.3) is 0 Å². The Morgan fingerprint density at radius 1 is 0.833 bits per heavy atom. The zero-order valence-electron chi connectivity index (χ0n) is 23.8. The number of Topliss-reactive ketones (excluding diaryl/α,β-unsaturated/α-hetero) is 1. The van der Waals surface area contributed by atoms with Gasteiger partial charge in [0.15, 0.2) is 6.10 Å². The van der Waals surface area contributed by atoms with Gasteiger partial charge in [-0.2, -0.15) is 0 Å². The first-order valence-corrected chi connectivity index (χ1v) is 14.2. The number of anilines is 1. The van der Waals surface area contributed by atoms with Gasteiger partial charge in [-0.25, -0.2) is 0 Å². The highest BCUT2D eigenvalue weighted by atomic mass is 35.5. The third kappa shape index (κ3) is 6.39. The molecule has 0 bridgehead atoms. The number of hydrogen-bond donors (Lipinski definition) is 0. The van der Waals surface area contributed by atoms with Crippen LogP contribution in [0, 0.1) is 5.92 Å². The summed E-state index contributed by atoms with van der Waals surface area (Å²) >= 11 is 5.89. The van der Waals surface area contributed by atoms with Crippen molar-refractivity contribution in [2.75, 3.05) is 11.4 Å². The fourth-order valence-electron chi connectivity index (χ4n) is 5.08. The maximum atomic E-state index is 12.8. The van der Waals surface area contributed by atoms with Crippen LogP contribution < -0.4 is 9.64 Å². The van der Waals surface area contributed by atoms with E-state index in [1.54, 1.807) is 53.4 Å². The maximum absolute atomic E-state index is 12.8. The van der Waals surface area contributed by atoms with Crippen molar-refractivity contribution in [2.24, 2.45) is 5.92 Å². The molecule has 0 saturated carbocycles. The number of nitrogens with zero attached hydrogens (tertiary/aromatic N) is 1. The van der Waals surface area contributed by atoms with Crippen LogP contribution in [0.5, 0.6) is 11.5 Å². The second kappa shape index (κ2) is 12.2. The number of carbonyl (C=O) groups is 3. The molecule has 1 heterocycles. The lowest BCUT2D eigenvalue weighted by Crippen LogP contribution is -2.30. The third-order valence-electron chi connectivity index (χ3n) is 7.70. The first-order chi connectivity index (χ1) is 20.1. The summed E-state index contributed by atoms with van der Waals surface area (Å²) in [6.07, 6.45) is -0.956. The molecule has 1 fully saturated rings. The van der Waals surface area contributed by atoms with Crippen LogP contribution in [-0.4, -0.2) is 30.3 Å². The number of rotatable bonds is 9. The van der Waals surface area contributed by atoms with Gasteiger partial charge in [-0.05, 0) is 78.7 Å². The van der Waals surface area contributed by atoms with Gasteiger partial charge in [-0.3, -0.25) is 14.4 Å². The van der Waals surface area contributed by atoms with Gasteiger partial charge in [0.05, 0.1) is 5.92 Å². The van der Waals surface area contributed by atoms with E-state index in [1.807, 2.05) is 30.3 Å². The molecule has 6 nitrogen and oxygen atoms in total. The van der Waals surface area contributed by atoms with E-state index in [-0.39, 0.29) is 30.1 Å². The van der Waals surface area contributed by atoms with E-state index >= 15 is 0 Å². The average Bonchev–Trinajstić information content (AvgIpc) is 3.40. The first-order valence-electron chi connectivity index (χ1n) is 13.9. The number of ether oxygens (including phenoxy) is 2. The number of amides is 1. The fraction of sp³-hybridized carbons (Fsp3) is 0.229. The Morgan fingerprint density at radius 2 is 1.40 bits per heavy atom. The standard InChI is InChI=1S/C35H32ClNO5/c1-23(33(39)24-9-13-28(36)14-10-24)41-34(40)25-21-32(38)37(22-25)29-15-19-31(20-16-29)42-30-17-11-27(12-18-30)35(2,3)26-7-5-4-6-8-26/h4-20,23,25H,21-22H2,1-3H3/t23-,25-/m1/s1. The molecule has 0 radical (unpaired) electrons. The van der Waals surface area contributed by atoms with Crippen molar-refractivity contribution in [1.82, 2.24) is 0 Å². The molecule has 2 atom stereocenters.